The Hall–Kier alpha value is -3.40. The van der Waals surface area contributed by atoms with E-state index >= 15 is 0 Å². The van der Waals surface area contributed by atoms with Crippen LogP contribution in [0.1, 0.15) is 29.0 Å². The zero-order chi connectivity index (χ0) is 20.9. The fourth-order valence-electron chi connectivity index (χ4n) is 4.00. The Kier molecular flexibility index (Phi) is 5.94. The molecule has 1 saturated heterocycles. The average molecular weight is 399 g/mol. The van der Waals surface area contributed by atoms with Crippen LogP contribution in [0.25, 0.3) is 0 Å². The molecule has 0 bridgehead atoms. The van der Waals surface area contributed by atoms with E-state index in [4.69, 9.17) is 0 Å². The summed E-state index contributed by atoms with van der Waals surface area (Å²) < 4.78 is 0. The van der Waals surface area contributed by atoms with E-state index in [-0.39, 0.29) is 30.1 Å². The summed E-state index contributed by atoms with van der Waals surface area (Å²) >= 11 is 0. The predicted octanol–water partition coefficient (Wildman–Crippen LogP) is 4.30. The number of benzene rings is 3. The second-order valence-electron chi connectivity index (χ2n) is 7.86. The molecule has 3 aromatic carbocycles. The monoisotopic (exact) mass is 398 g/mol. The lowest BCUT2D eigenvalue weighted by Crippen LogP contribution is -2.35. The molecule has 1 N–H and O–H groups in total. The van der Waals surface area contributed by atoms with Crippen molar-refractivity contribution in [2.24, 2.45) is 5.92 Å². The molecule has 1 atom stereocenters. The summed E-state index contributed by atoms with van der Waals surface area (Å²) in [5.41, 5.74) is 4.32. The molecule has 0 radical (unpaired) electrons. The highest BCUT2D eigenvalue weighted by Crippen LogP contribution is 2.27. The first-order valence-electron chi connectivity index (χ1n) is 10.4. The average Bonchev–Trinajstić information content (AvgIpc) is 3.17. The smallest absolute Gasteiger partial charge is 0.227 e. The molecule has 1 aliphatic rings. The van der Waals surface area contributed by atoms with Gasteiger partial charge >= 0.3 is 0 Å². The second-order valence-corrected chi connectivity index (χ2v) is 7.86. The molecule has 152 valence electrons. The van der Waals surface area contributed by atoms with E-state index in [1.807, 2.05) is 67.6 Å². The third-order valence-corrected chi connectivity index (χ3v) is 5.73. The molecule has 4 nitrogen and oxygen atoms in total. The maximum atomic E-state index is 12.9. The molecule has 4 rings (SSSR count). The Balaban J connectivity index is 1.44. The third-order valence-electron chi connectivity index (χ3n) is 5.73. The van der Waals surface area contributed by atoms with Gasteiger partial charge in [0.15, 0.2) is 0 Å². The number of aryl methyl sites for hydroxylation is 1. The van der Waals surface area contributed by atoms with Crippen LogP contribution in [0.15, 0.2) is 84.9 Å². The molecule has 0 saturated carbocycles. The zero-order valence-corrected chi connectivity index (χ0v) is 17.1. The molecule has 3 aromatic rings. The van der Waals surface area contributed by atoms with Gasteiger partial charge in [0.05, 0.1) is 5.92 Å². The van der Waals surface area contributed by atoms with Crippen LogP contribution in [0.2, 0.25) is 0 Å². The van der Waals surface area contributed by atoms with Crippen molar-refractivity contribution in [3.8, 4) is 0 Å². The summed E-state index contributed by atoms with van der Waals surface area (Å²) in [6.45, 7) is 2.94. The van der Waals surface area contributed by atoms with E-state index in [1.54, 1.807) is 4.90 Å². The SMILES string of the molecule is Cc1ccc(N2C[C@@H](C(=O)NCC(c3ccccc3)c3ccccc3)CC2=O)cc1. The number of hydrogen-bond donors (Lipinski definition) is 1. The lowest BCUT2D eigenvalue weighted by atomic mass is 9.91. The second kappa shape index (κ2) is 8.95. The summed E-state index contributed by atoms with van der Waals surface area (Å²) in [7, 11) is 0. The number of carbonyl (C=O) groups is 2. The van der Waals surface area contributed by atoms with Gasteiger partial charge in [-0.1, -0.05) is 78.4 Å². The Labute approximate surface area is 177 Å². The zero-order valence-electron chi connectivity index (χ0n) is 17.1. The van der Waals surface area contributed by atoms with Gasteiger partial charge in [-0.15, -0.1) is 0 Å². The van der Waals surface area contributed by atoms with E-state index in [9.17, 15) is 9.59 Å². The van der Waals surface area contributed by atoms with Crippen molar-refractivity contribution in [3.05, 3.63) is 102 Å². The molecule has 4 heteroatoms. The first-order chi connectivity index (χ1) is 14.6. The fraction of sp³-hybridized carbons (Fsp3) is 0.231. The molecular formula is C26H26N2O2. The largest absolute Gasteiger partial charge is 0.355 e. The van der Waals surface area contributed by atoms with Gasteiger partial charge in [-0.05, 0) is 30.2 Å². The van der Waals surface area contributed by atoms with E-state index in [1.165, 1.54) is 0 Å². The molecule has 0 aliphatic carbocycles. The maximum absolute atomic E-state index is 12.9. The third kappa shape index (κ3) is 4.43. The lowest BCUT2D eigenvalue weighted by Gasteiger charge is -2.20. The number of rotatable bonds is 6. The van der Waals surface area contributed by atoms with Crippen LogP contribution in [0.3, 0.4) is 0 Å². The standard InChI is InChI=1S/C26H26N2O2/c1-19-12-14-23(15-13-19)28-18-22(16-25(28)29)26(30)27-17-24(20-8-4-2-5-9-20)21-10-6-3-7-11-21/h2-15,22,24H,16-18H2,1H3,(H,27,30)/t22-/m0/s1. The highest BCUT2D eigenvalue weighted by Gasteiger charge is 2.35. The number of amides is 2. The van der Waals surface area contributed by atoms with Crippen LogP contribution in [0.5, 0.6) is 0 Å². The van der Waals surface area contributed by atoms with Crippen molar-refractivity contribution in [2.75, 3.05) is 18.0 Å². The van der Waals surface area contributed by atoms with E-state index in [2.05, 4.69) is 29.6 Å². The summed E-state index contributed by atoms with van der Waals surface area (Å²) in [4.78, 5) is 27.1. The summed E-state index contributed by atoms with van der Waals surface area (Å²) in [5.74, 6) is -0.316. The normalized spacial score (nSPS) is 16.1. The van der Waals surface area contributed by atoms with Crippen molar-refractivity contribution in [1.82, 2.24) is 5.32 Å². The molecule has 0 spiro atoms. The van der Waals surface area contributed by atoms with E-state index < -0.39 is 0 Å². The van der Waals surface area contributed by atoms with Crippen molar-refractivity contribution in [1.29, 1.82) is 0 Å². The number of anilines is 1. The van der Waals surface area contributed by atoms with Crippen LogP contribution in [-0.4, -0.2) is 24.9 Å². The molecule has 1 heterocycles. The lowest BCUT2D eigenvalue weighted by molar-refractivity contribution is -0.126. The first-order valence-corrected chi connectivity index (χ1v) is 10.4. The molecule has 1 aliphatic heterocycles. The van der Waals surface area contributed by atoms with Crippen molar-refractivity contribution < 1.29 is 9.59 Å². The topological polar surface area (TPSA) is 49.4 Å². The Bertz CT molecular complexity index is 961. The minimum atomic E-state index is -0.328. The first kappa shape index (κ1) is 19.9. The molecule has 2 amide bonds. The Morgan fingerprint density at radius 2 is 1.50 bits per heavy atom. The molecule has 0 unspecified atom stereocenters. The molecule has 0 aromatic heterocycles. The van der Waals surface area contributed by atoms with Crippen molar-refractivity contribution in [3.63, 3.8) is 0 Å². The van der Waals surface area contributed by atoms with Gasteiger partial charge in [-0.3, -0.25) is 9.59 Å². The van der Waals surface area contributed by atoms with Crippen LogP contribution < -0.4 is 10.2 Å². The number of carbonyl (C=O) groups excluding carboxylic acids is 2. The minimum absolute atomic E-state index is 0.00155. The van der Waals surface area contributed by atoms with Gasteiger partial charge < -0.3 is 10.2 Å². The van der Waals surface area contributed by atoms with Crippen LogP contribution in [0.4, 0.5) is 5.69 Å². The van der Waals surface area contributed by atoms with Gasteiger partial charge in [0.2, 0.25) is 11.8 Å². The fourth-order valence-corrected chi connectivity index (χ4v) is 4.00. The summed E-state index contributed by atoms with van der Waals surface area (Å²) in [5, 5.41) is 3.11. The van der Waals surface area contributed by atoms with E-state index in [0.717, 1.165) is 22.4 Å². The quantitative estimate of drug-likeness (QED) is 0.673. The highest BCUT2D eigenvalue weighted by molar-refractivity contribution is 6.00. The van der Waals surface area contributed by atoms with Crippen LogP contribution in [0, 0.1) is 12.8 Å². The van der Waals surface area contributed by atoms with Gasteiger partial charge in [-0.25, -0.2) is 0 Å². The molecule has 1 fully saturated rings. The minimum Gasteiger partial charge on any atom is -0.355 e. The van der Waals surface area contributed by atoms with Gasteiger partial charge in [0, 0.05) is 31.1 Å². The Morgan fingerprint density at radius 3 is 2.07 bits per heavy atom. The summed E-state index contributed by atoms with van der Waals surface area (Å²) in [6, 6.07) is 28.2. The van der Waals surface area contributed by atoms with Gasteiger partial charge in [0.1, 0.15) is 0 Å². The van der Waals surface area contributed by atoms with Crippen LogP contribution in [-0.2, 0) is 9.59 Å². The molecule has 30 heavy (non-hydrogen) atoms. The maximum Gasteiger partial charge on any atom is 0.227 e. The van der Waals surface area contributed by atoms with Crippen molar-refractivity contribution in [2.45, 2.75) is 19.3 Å². The van der Waals surface area contributed by atoms with Gasteiger partial charge in [0.25, 0.3) is 0 Å². The number of nitrogens with zero attached hydrogens (tertiary/aromatic N) is 1. The van der Waals surface area contributed by atoms with E-state index in [0.29, 0.717) is 13.1 Å². The Morgan fingerprint density at radius 1 is 0.933 bits per heavy atom. The molecular weight excluding hydrogens is 372 g/mol. The number of nitrogens with one attached hydrogen (secondary N) is 1. The van der Waals surface area contributed by atoms with Crippen molar-refractivity contribution >= 4 is 17.5 Å². The van der Waals surface area contributed by atoms with Gasteiger partial charge in [-0.2, -0.15) is 0 Å². The van der Waals surface area contributed by atoms with Crippen LogP contribution >= 0.6 is 0 Å². The highest BCUT2D eigenvalue weighted by atomic mass is 16.2. The number of hydrogen-bond acceptors (Lipinski definition) is 2. The predicted molar refractivity (Wildman–Crippen MR) is 119 cm³/mol. The summed E-state index contributed by atoms with van der Waals surface area (Å²) in [6.07, 6.45) is 0.251.